The highest BCUT2D eigenvalue weighted by molar-refractivity contribution is 5.46. The molecule has 1 aliphatic heterocycles. The quantitative estimate of drug-likeness (QED) is 0.793. The van der Waals surface area contributed by atoms with E-state index in [-0.39, 0.29) is 5.82 Å². The molecule has 0 saturated carbocycles. The van der Waals surface area contributed by atoms with Crippen molar-refractivity contribution in [2.24, 2.45) is 0 Å². The van der Waals surface area contributed by atoms with Gasteiger partial charge in [-0.25, -0.2) is 4.39 Å². The smallest absolute Gasteiger partial charge is 0.123 e. The van der Waals surface area contributed by atoms with E-state index in [4.69, 9.17) is 0 Å². The third-order valence-corrected chi connectivity index (χ3v) is 3.60. The maximum Gasteiger partial charge on any atom is 0.123 e. The van der Waals surface area contributed by atoms with E-state index >= 15 is 0 Å². The van der Waals surface area contributed by atoms with Crippen LogP contribution in [0.15, 0.2) is 24.3 Å². The van der Waals surface area contributed by atoms with E-state index in [0.29, 0.717) is 0 Å². The number of halogens is 1. The predicted molar refractivity (Wildman–Crippen MR) is 78.2 cm³/mol. The maximum atomic E-state index is 12.9. The summed E-state index contributed by atoms with van der Waals surface area (Å²) in [4.78, 5) is 4.82. The topological polar surface area (TPSA) is 18.5 Å². The molecule has 1 aromatic rings. The molecule has 1 saturated heterocycles. The minimum atomic E-state index is -0.163. The molecule has 1 aromatic carbocycles. The van der Waals surface area contributed by atoms with Gasteiger partial charge in [-0.15, -0.1) is 0 Å². The summed E-state index contributed by atoms with van der Waals surface area (Å²) in [6, 6.07) is 6.81. The average Bonchev–Trinajstić information content (AvgIpc) is 2.45. The first-order valence-corrected chi connectivity index (χ1v) is 7.23. The first-order chi connectivity index (χ1) is 9.29. The summed E-state index contributed by atoms with van der Waals surface area (Å²) in [5, 5.41) is 3.43. The monoisotopic (exact) mass is 265 g/mol. The fraction of sp³-hybridized carbons (Fsp3) is 0.600. The van der Waals surface area contributed by atoms with Crippen LogP contribution in [-0.4, -0.2) is 50.7 Å². The van der Waals surface area contributed by atoms with Crippen molar-refractivity contribution < 1.29 is 4.39 Å². The second-order valence-electron chi connectivity index (χ2n) is 5.06. The molecule has 3 nitrogen and oxygen atoms in total. The van der Waals surface area contributed by atoms with Crippen LogP contribution in [0.3, 0.4) is 0 Å². The number of hydrogen-bond donors (Lipinski definition) is 1. The van der Waals surface area contributed by atoms with Crippen molar-refractivity contribution in [2.45, 2.75) is 13.3 Å². The zero-order valence-electron chi connectivity index (χ0n) is 11.7. The molecule has 1 fully saturated rings. The molecule has 0 amide bonds. The van der Waals surface area contributed by atoms with Crippen LogP contribution in [0, 0.1) is 5.82 Å². The Morgan fingerprint density at radius 3 is 2.37 bits per heavy atom. The molecule has 0 atom stereocenters. The zero-order chi connectivity index (χ0) is 13.5. The standard InChI is InChI=1S/C15H24FN3/c1-2-7-17-8-9-18-10-12-19(13-11-18)15-5-3-14(16)4-6-15/h3-6,17H,2,7-13H2,1H3. The number of anilines is 1. The highest BCUT2D eigenvalue weighted by atomic mass is 19.1. The lowest BCUT2D eigenvalue weighted by atomic mass is 10.2. The van der Waals surface area contributed by atoms with Crippen LogP contribution in [-0.2, 0) is 0 Å². The van der Waals surface area contributed by atoms with E-state index in [0.717, 1.165) is 51.5 Å². The summed E-state index contributed by atoms with van der Waals surface area (Å²) in [5.41, 5.74) is 1.13. The maximum absolute atomic E-state index is 12.9. The Labute approximate surface area is 115 Å². The number of hydrogen-bond acceptors (Lipinski definition) is 3. The Morgan fingerprint density at radius 2 is 1.74 bits per heavy atom. The van der Waals surface area contributed by atoms with Gasteiger partial charge in [-0.2, -0.15) is 0 Å². The van der Waals surface area contributed by atoms with Gasteiger partial charge in [0, 0.05) is 45.0 Å². The molecule has 0 unspecified atom stereocenters. The van der Waals surface area contributed by atoms with Gasteiger partial charge >= 0.3 is 0 Å². The number of piperazine rings is 1. The van der Waals surface area contributed by atoms with Crippen molar-refractivity contribution in [3.63, 3.8) is 0 Å². The molecule has 0 spiro atoms. The van der Waals surface area contributed by atoms with Gasteiger partial charge in [0.25, 0.3) is 0 Å². The molecule has 0 bridgehead atoms. The average molecular weight is 265 g/mol. The number of rotatable bonds is 6. The van der Waals surface area contributed by atoms with Crippen molar-refractivity contribution in [1.29, 1.82) is 0 Å². The van der Waals surface area contributed by atoms with Gasteiger partial charge < -0.3 is 10.2 Å². The largest absolute Gasteiger partial charge is 0.369 e. The SMILES string of the molecule is CCCNCCN1CCN(c2ccc(F)cc2)CC1. The van der Waals surface area contributed by atoms with Crippen LogP contribution in [0.25, 0.3) is 0 Å². The Balaban J connectivity index is 1.71. The molecule has 19 heavy (non-hydrogen) atoms. The van der Waals surface area contributed by atoms with Crippen molar-refractivity contribution in [3.8, 4) is 0 Å². The van der Waals surface area contributed by atoms with Crippen molar-refractivity contribution in [3.05, 3.63) is 30.1 Å². The summed E-state index contributed by atoms with van der Waals surface area (Å²) in [6.07, 6.45) is 1.19. The molecule has 0 radical (unpaired) electrons. The molecule has 1 heterocycles. The van der Waals surface area contributed by atoms with Gasteiger partial charge in [-0.05, 0) is 37.2 Å². The lowest BCUT2D eigenvalue weighted by molar-refractivity contribution is 0.258. The van der Waals surface area contributed by atoms with E-state index in [1.807, 2.05) is 12.1 Å². The summed E-state index contributed by atoms with van der Waals surface area (Å²) < 4.78 is 12.9. The van der Waals surface area contributed by atoms with Crippen molar-refractivity contribution >= 4 is 5.69 Å². The van der Waals surface area contributed by atoms with Crippen LogP contribution in [0.5, 0.6) is 0 Å². The minimum absolute atomic E-state index is 0.163. The molecule has 1 aliphatic rings. The van der Waals surface area contributed by atoms with Gasteiger partial charge in [0.2, 0.25) is 0 Å². The molecule has 1 N–H and O–H groups in total. The summed E-state index contributed by atoms with van der Waals surface area (Å²) in [6.45, 7) is 9.72. The first-order valence-electron chi connectivity index (χ1n) is 7.23. The van der Waals surface area contributed by atoms with Crippen molar-refractivity contribution in [1.82, 2.24) is 10.2 Å². The van der Waals surface area contributed by atoms with Crippen LogP contribution >= 0.6 is 0 Å². The van der Waals surface area contributed by atoms with E-state index in [9.17, 15) is 4.39 Å². The predicted octanol–water partition coefficient (Wildman–Crippen LogP) is 1.95. The highest BCUT2D eigenvalue weighted by Crippen LogP contribution is 2.16. The third kappa shape index (κ3) is 4.48. The summed E-state index contributed by atoms with van der Waals surface area (Å²) in [7, 11) is 0. The Morgan fingerprint density at radius 1 is 1.05 bits per heavy atom. The Bertz CT molecular complexity index is 358. The fourth-order valence-corrected chi connectivity index (χ4v) is 2.42. The van der Waals surface area contributed by atoms with Crippen LogP contribution in [0.1, 0.15) is 13.3 Å². The Hall–Kier alpha value is -1.13. The molecule has 106 valence electrons. The van der Waals surface area contributed by atoms with Gasteiger partial charge in [0.1, 0.15) is 5.82 Å². The van der Waals surface area contributed by atoms with Gasteiger partial charge in [-0.1, -0.05) is 6.92 Å². The van der Waals surface area contributed by atoms with Crippen LogP contribution in [0.4, 0.5) is 10.1 Å². The number of nitrogens with zero attached hydrogens (tertiary/aromatic N) is 2. The van der Waals surface area contributed by atoms with Crippen LogP contribution < -0.4 is 10.2 Å². The first kappa shape index (κ1) is 14.3. The summed E-state index contributed by atoms with van der Waals surface area (Å²) in [5.74, 6) is -0.163. The minimum Gasteiger partial charge on any atom is -0.369 e. The van der Waals surface area contributed by atoms with E-state index in [2.05, 4.69) is 22.0 Å². The highest BCUT2D eigenvalue weighted by Gasteiger charge is 2.16. The Kier molecular flexibility index (Phi) is 5.61. The molecular formula is C15H24FN3. The number of benzene rings is 1. The number of nitrogens with one attached hydrogen (secondary N) is 1. The second-order valence-corrected chi connectivity index (χ2v) is 5.06. The van der Waals surface area contributed by atoms with Crippen molar-refractivity contribution in [2.75, 3.05) is 50.7 Å². The second kappa shape index (κ2) is 7.46. The molecule has 0 aromatic heterocycles. The van der Waals surface area contributed by atoms with Crippen LogP contribution in [0.2, 0.25) is 0 Å². The molecular weight excluding hydrogens is 241 g/mol. The van der Waals surface area contributed by atoms with Gasteiger partial charge in [0.15, 0.2) is 0 Å². The summed E-state index contributed by atoms with van der Waals surface area (Å²) >= 11 is 0. The fourth-order valence-electron chi connectivity index (χ4n) is 2.42. The lowest BCUT2D eigenvalue weighted by Gasteiger charge is -2.36. The zero-order valence-corrected chi connectivity index (χ0v) is 11.7. The van der Waals surface area contributed by atoms with E-state index in [1.165, 1.54) is 18.6 Å². The lowest BCUT2D eigenvalue weighted by Crippen LogP contribution is -2.48. The molecule has 0 aliphatic carbocycles. The normalized spacial score (nSPS) is 16.8. The molecule has 2 rings (SSSR count). The van der Waals surface area contributed by atoms with Gasteiger partial charge in [-0.3, -0.25) is 4.90 Å². The van der Waals surface area contributed by atoms with Gasteiger partial charge in [0.05, 0.1) is 0 Å². The van der Waals surface area contributed by atoms with E-state index < -0.39 is 0 Å². The third-order valence-electron chi connectivity index (χ3n) is 3.60. The van der Waals surface area contributed by atoms with E-state index in [1.54, 1.807) is 0 Å². The molecule has 4 heteroatoms.